The van der Waals surface area contributed by atoms with Crippen molar-refractivity contribution in [1.29, 1.82) is 0 Å². The minimum atomic E-state index is -0.266. The van der Waals surface area contributed by atoms with Crippen LogP contribution in [0.25, 0.3) is 0 Å². The standard InChI is InChI=1S/C24H36O2.C23H34O2.C20H28O2.C19H28O2.C19H26O2.C19H28O2/c1-2-18-12-16-6-5-7-20(14-16)22(18)24(10-3-4-11-24)26-23(25)21-15-17-8-9-19(21)13-17;24-22(20-15-16-10-11-18(20)14-16)25-23(12-3-4-13-23)21-9-5-7-17-6-1-2-8-19(17)21;21-19(17-11-13-3-5-15(17)9-13)22-20(7-1-2-8-20)18-12-14-4-6-16(18)10-14;2*20-18(17-13-14-8-9-15(17)12-14)21-19(10-4-1-5-11-19)16-6-2-3-7-16;20-18(17-13-14-8-9-15(17)12-14)21-19(10-4-5-11-19)16-6-2-1-3-7-16/h8-9,16-22H,2-7,10-15H2,1H3;10-11,16-21H,1-9,12-15H2;3,5,13-18H,1-2,4,6-12H2;8-9,14-17H,1-7,10-13H2;4,8-10,14-17H,1-3,5-7,11-13H2;8-9,14-17H,1-7,10-13H2. The minimum Gasteiger partial charge on any atom is -0.459 e. The van der Waals surface area contributed by atoms with Crippen molar-refractivity contribution in [3.63, 3.8) is 0 Å². The third kappa shape index (κ3) is 19.8. The second-order valence-electron chi connectivity index (χ2n) is 52.4. The maximum absolute atomic E-state index is 13.3. The van der Waals surface area contributed by atoms with Crippen LogP contribution in [0.15, 0.2) is 85.1 Å². The van der Waals surface area contributed by atoms with Crippen molar-refractivity contribution in [2.24, 2.45) is 183 Å². The molecule has 20 fully saturated rings. The van der Waals surface area contributed by atoms with E-state index in [1.54, 1.807) is 0 Å². The van der Waals surface area contributed by atoms with Crippen LogP contribution in [0.3, 0.4) is 0 Å². The molecule has 0 heterocycles. The molecule has 0 radical (unpaired) electrons. The van der Waals surface area contributed by atoms with Gasteiger partial charge in [-0.2, -0.15) is 0 Å². The second kappa shape index (κ2) is 41.6. The third-order valence-electron chi connectivity index (χ3n) is 44.9. The maximum atomic E-state index is 13.3. The van der Waals surface area contributed by atoms with Gasteiger partial charge in [0.25, 0.3) is 0 Å². The first-order chi connectivity index (χ1) is 66.5. The monoisotopic (exact) mass is 1860 g/mol. The van der Waals surface area contributed by atoms with Crippen LogP contribution < -0.4 is 0 Å². The Morgan fingerprint density at radius 2 is 0.588 bits per heavy atom. The van der Waals surface area contributed by atoms with Crippen molar-refractivity contribution in [2.45, 2.75) is 464 Å². The molecule has 0 N–H and O–H groups in total. The Morgan fingerprint density at radius 1 is 0.250 bits per heavy atom. The highest BCUT2D eigenvalue weighted by molar-refractivity contribution is 5.78. The molecule has 0 aromatic heterocycles. The fraction of sp³-hybridized carbons (Fsp3) is 0.839. The number of hydrogen-bond donors (Lipinski definition) is 0. The van der Waals surface area contributed by atoms with E-state index in [0.29, 0.717) is 107 Å². The fourth-order valence-electron chi connectivity index (χ4n) is 38.2. The zero-order valence-electron chi connectivity index (χ0n) is 84.5. The van der Waals surface area contributed by atoms with Crippen molar-refractivity contribution < 1.29 is 57.2 Å². The Morgan fingerprint density at radius 3 is 0.985 bits per heavy atom. The zero-order chi connectivity index (χ0) is 92.2. The molecule has 0 amide bonds. The Labute approximate surface area is 820 Å². The van der Waals surface area contributed by atoms with Gasteiger partial charge < -0.3 is 28.4 Å². The predicted molar refractivity (Wildman–Crippen MR) is 536 cm³/mol. The van der Waals surface area contributed by atoms with E-state index >= 15 is 0 Å². The molecule has 0 aliphatic heterocycles. The summed E-state index contributed by atoms with van der Waals surface area (Å²) in [4.78, 5) is 77.7. The highest BCUT2D eigenvalue weighted by atomic mass is 16.6. The third-order valence-corrected chi connectivity index (χ3v) is 44.9. The molecule has 0 aromatic rings. The first-order valence-corrected chi connectivity index (χ1v) is 59.6. The summed E-state index contributed by atoms with van der Waals surface area (Å²) < 4.78 is 38.4. The van der Waals surface area contributed by atoms with Crippen molar-refractivity contribution in [2.75, 3.05) is 0 Å². The molecular weight excluding hydrogens is 1680 g/mol. The Bertz CT molecular complexity index is 4340. The molecule has 20 saturated carbocycles. The van der Waals surface area contributed by atoms with Gasteiger partial charge in [-0.25, -0.2) is 0 Å². The van der Waals surface area contributed by atoms with E-state index in [1.807, 2.05) is 0 Å². The van der Waals surface area contributed by atoms with Crippen molar-refractivity contribution >= 4 is 35.8 Å². The summed E-state index contributed by atoms with van der Waals surface area (Å²) in [5.74, 6) is 18.5. The molecule has 27 aliphatic carbocycles. The van der Waals surface area contributed by atoms with Crippen molar-refractivity contribution in [1.82, 2.24) is 0 Å². The Balaban J connectivity index is 0.0000000948. The molecule has 16 bridgehead atoms. The van der Waals surface area contributed by atoms with Gasteiger partial charge in [-0.1, -0.05) is 201 Å². The summed E-state index contributed by atoms with van der Waals surface area (Å²) in [6.45, 7) is 2.38. The lowest BCUT2D eigenvalue weighted by Crippen LogP contribution is -2.51. The lowest BCUT2D eigenvalue weighted by Gasteiger charge is -2.52. The van der Waals surface area contributed by atoms with E-state index in [2.05, 4.69) is 92.0 Å². The fourth-order valence-corrected chi connectivity index (χ4v) is 38.2. The molecule has 29 atom stereocenters. The van der Waals surface area contributed by atoms with Crippen LogP contribution in [-0.4, -0.2) is 69.4 Å². The quantitative estimate of drug-likeness (QED) is 0.0686. The van der Waals surface area contributed by atoms with E-state index in [1.165, 1.54) is 302 Å². The average Bonchev–Trinajstić information content (AvgIpc) is 1.61. The van der Waals surface area contributed by atoms with Gasteiger partial charge in [0.05, 0.1) is 35.5 Å². The highest BCUT2D eigenvalue weighted by Crippen LogP contribution is 2.63. The largest absolute Gasteiger partial charge is 0.459 e. The molecule has 0 aromatic carbocycles. The number of carbonyl (C=O) groups excluding carboxylic acids is 6. The van der Waals surface area contributed by atoms with Crippen molar-refractivity contribution in [3.8, 4) is 0 Å². The van der Waals surface area contributed by atoms with Gasteiger partial charge in [0.2, 0.25) is 0 Å². The van der Waals surface area contributed by atoms with Crippen LogP contribution >= 0.6 is 0 Å². The maximum Gasteiger partial charge on any atom is 0.310 e. The summed E-state index contributed by atoms with van der Waals surface area (Å²) >= 11 is 0. The average molecular weight is 1860 g/mol. The van der Waals surface area contributed by atoms with Gasteiger partial charge in [-0.3, -0.25) is 28.8 Å². The Hall–Kier alpha value is -5.00. The number of carbonyl (C=O) groups is 6. The van der Waals surface area contributed by atoms with Crippen LogP contribution in [0, 0.1) is 183 Å². The first kappa shape index (κ1) is 95.8. The normalized spacial score (nSPS) is 42.8. The smallest absolute Gasteiger partial charge is 0.310 e. The van der Waals surface area contributed by atoms with Gasteiger partial charge in [0, 0.05) is 23.7 Å². The molecule has 0 saturated heterocycles. The molecule has 136 heavy (non-hydrogen) atoms. The Kier molecular flexibility index (Phi) is 29.3. The molecule has 12 nitrogen and oxygen atoms in total. The molecular formula is C124H180O12. The molecule has 0 spiro atoms. The lowest BCUT2D eigenvalue weighted by molar-refractivity contribution is -0.184. The van der Waals surface area contributed by atoms with Crippen LogP contribution in [0.2, 0.25) is 0 Å². The number of allylic oxidation sites excluding steroid dienone is 13. The van der Waals surface area contributed by atoms with Crippen LogP contribution in [0.4, 0.5) is 0 Å². The molecule has 27 aliphatic rings. The van der Waals surface area contributed by atoms with Crippen LogP contribution in [-0.2, 0) is 57.2 Å². The van der Waals surface area contributed by atoms with Crippen LogP contribution in [0.5, 0.6) is 0 Å². The molecule has 12 heteroatoms. The molecule has 29 unspecified atom stereocenters. The van der Waals surface area contributed by atoms with Gasteiger partial charge in [0.15, 0.2) is 0 Å². The second-order valence-corrected chi connectivity index (χ2v) is 52.4. The van der Waals surface area contributed by atoms with Gasteiger partial charge in [0.1, 0.15) is 33.6 Å². The number of rotatable bonds is 19. The van der Waals surface area contributed by atoms with Crippen LogP contribution in [0.1, 0.15) is 431 Å². The summed E-state index contributed by atoms with van der Waals surface area (Å²) in [6, 6.07) is 0. The first-order valence-electron chi connectivity index (χ1n) is 59.6. The van der Waals surface area contributed by atoms with Gasteiger partial charge >= 0.3 is 35.8 Å². The van der Waals surface area contributed by atoms with Crippen molar-refractivity contribution in [3.05, 3.63) is 85.1 Å². The van der Waals surface area contributed by atoms with Gasteiger partial charge in [-0.15, -0.1) is 0 Å². The number of esters is 6. The highest BCUT2D eigenvalue weighted by Gasteiger charge is 2.61. The summed E-state index contributed by atoms with van der Waals surface area (Å²) in [5, 5.41) is 0. The topological polar surface area (TPSA) is 158 Å². The number of fused-ring (bicyclic) bond motifs is 17. The predicted octanol–water partition coefficient (Wildman–Crippen LogP) is 29.7. The van der Waals surface area contributed by atoms with E-state index in [4.69, 9.17) is 28.4 Å². The van der Waals surface area contributed by atoms with E-state index in [9.17, 15) is 28.8 Å². The van der Waals surface area contributed by atoms with E-state index in [-0.39, 0.29) is 105 Å². The number of ether oxygens (including phenoxy) is 6. The molecule has 748 valence electrons. The summed E-state index contributed by atoms with van der Waals surface area (Å²) in [5.41, 5.74) is -0.708. The SMILES string of the molecule is CCC1CC2CCCC(C2)C1C1(OC(=O)C2CC3C=CC2C3)CCCC1.O=C(OC1(C2CC3CCC2C3)CCCC1)C1CC2C=CC1C2.O=C(OC1(C2CCCC2)C=CCCC1)C1CC2C=CC1C2.O=C(OC1(C2CCCC2)CCCCC1)C1CC2C=CC1C2.O=C(OC1(C2CCCC3CCCCC32)CCCC1)C1CC2C=CC1C2.O=C(OC1(C2CCCCC2)CCCC1)C1CC2C=CC1C2. The molecule has 27 rings (SSSR count). The minimum absolute atomic E-state index is 0.0670. The summed E-state index contributed by atoms with van der Waals surface area (Å²) in [6.07, 6.45) is 115. The lowest BCUT2D eigenvalue weighted by atomic mass is 9.56. The number of hydrogen-bond acceptors (Lipinski definition) is 12. The zero-order valence-corrected chi connectivity index (χ0v) is 84.5. The van der Waals surface area contributed by atoms with E-state index in [0.717, 1.165) is 163 Å². The van der Waals surface area contributed by atoms with E-state index < -0.39 is 0 Å². The summed E-state index contributed by atoms with van der Waals surface area (Å²) in [7, 11) is 0. The van der Waals surface area contributed by atoms with Gasteiger partial charge in [-0.05, 0) is 439 Å².